The summed E-state index contributed by atoms with van der Waals surface area (Å²) >= 11 is 0. The van der Waals surface area contributed by atoms with E-state index in [0.29, 0.717) is 18.9 Å². The number of rotatable bonds is 4. The van der Waals surface area contributed by atoms with Crippen molar-refractivity contribution in [2.24, 2.45) is 0 Å². The first-order valence-electron chi connectivity index (χ1n) is 4.47. The molecule has 1 aromatic heterocycles. The third-order valence-corrected chi connectivity index (χ3v) is 2.23. The van der Waals surface area contributed by atoms with E-state index in [1.807, 2.05) is 0 Å². The highest BCUT2D eigenvalue weighted by atomic mass is 16.5. The maximum absolute atomic E-state index is 9.69. The summed E-state index contributed by atoms with van der Waals surface area (Å²) in [5, 5.41) is 17.4. The molecule has 0 aromatic carbocycles. The molecule has 78 valence electrons. The molecule has 0 spiro atoms. The van der Waals surface area contributed by atoms with E-state index >= 15 is 0 Å². The Morgan fingerprint density at radius 1 is 1.79 bits per heavy atom. The van der Waals surface area contributed by atoms with Crippen LogP contribution in [0.3, 0.4) is 0 Å². The Labute approximate surface area is 81.4 Å². The van der Waals surface area contributed by atoms with Crippen molar-refractivity contribution in [2.45, 2.75) is 12.1 Å². The van der Waals surface area contributed by atoms with Crippen LogP contribution in [0.5, 0.6) is 0 Å². The van der Waals surface area contributed by atoms with Crippen molar-refractivity contribution in [3.8, 4) is 0 Å². The monoisotopic (exact) mass is 199 g/mol. The van der Waals surface area contributed by atoms with Crippen molar-refractivity contribution < 1.29 is 14.6 Å². The van der Waals surface area contributed by atoms with Crippen LogP contribution < -0.4 is 0 Å². The fourth-order valence-electron chi connectivity index (χ4n) is 1.38. The van der Waals surface area contributed by atoms with Crippen molar-refractivity contribution >= 4 is 0 Å². The second kappa shape index (κ2) is 4.04. The standard InChI is InChI=1S/C8H13N3O3/c1-13-5-8(12)7-2-9-10-11(7)6-3-14-4-6/h2,6,8,12H,3-5H2,1H3/t8-/m1/s1. The largest absolute Gasteiger partial charge is 0.384 e. The lowest BCUT2D eigenvalue weighted by atomic mass is 10.2. The van der Waals surface area contributed by atoms with Gasteiger partial charge in [-0.3, -0.25) is 0 Å². The zero-order chi connectivity index (χ0) is 9.97. The van der Waals surface area contributed by atoms with Crippen molar-refractivity contribution in [3.05, 3.63) is 11.9 Å². The molecule has 1 saturated heterocycles. The predicted molar refractivity (Wildman–Crippen MR) is 46.7 cm³/mol. The summed E-state index contributed by atoms with van der Waals surface area (Å²) < 4.78 is 11.6. The van der Waals surface area contributed by atoms with Crippen LogP contribution in [0, 0.1) is 0 Å². The van der Waals surface area contributed by atoms with Crippen LogP contribution in [-0.2, 0) is 9.47 Å². The van der Waals surface area contributed by atoms with E-state index in [-0.39, 0.29) is 12.6 Å². The predicted octanol–water partition coefficient (Wildman–Crippen LogP) is -0.471. The van der Waals surface area contributed by atoms with E-state index < -0.39 is 6.10 Å². The van der Waals surface area contributed by atoms with Gasteiger partial charge in [-0.1, -0.05) is 5.21 Å². The molecule has 0 aliphatic carbocycles. The average Bonchev–Trinajstić information content (AvgIpc) is 2.50. The molecule has 0 amide bonds. The first-order valence-corrected chi connectivity index (χ1v) is 4.47. The van der Waals surface area contributed by atoms with Gasteiger partial charge in [0.05, 0.1) is 31.7 Å². The van der Waals surface area contributed by atoms with Crippen molar-refractivity contribution in [2.75, 3.05) is 26.9 Å². The lowest BCUT2D eigenvalue weighted by Crippen LogP contribution is -2.33. The zero-order valence-electron chi connectivity index (χ0n) is 7.96. The second-order valence-electron chi connectivity index (χ2n) is 3.27. The average molecular weight is 199 g/mol. The molecule has 0 unspecified atom stereocenters. The fraction of sp³-hybridized carbons (Fsp3) is 0.750. The van der Waals surface area contributed by atoms with Gasteiger partial charge in [0.2, 0.25) is 0 Å². The van der Waals surface area contributed by atoms with Gasteiger partial charge in [0.15, 0.2) is 0 Å². The number of methoxy groups -OCH3 is 1. The normalized spacial score (nSPS) is 19.3. The molecule has 0 radical (unpaired) electrons. The van der Waals surface area contributed by atoms with Crippen LogP contribution in [0.15, 0.2) is 6.20 Å². The van der Waals surface area contributed by atoms with Gasteiger partial charge in [-0.2, -0.15) is 0 Å². The highest BCUT2D eigenvalue weighted by Crippen LogP contribution is 2.21. The number of nitrogens with zero attached hydrogens (tertiary/aromatic N) is 3. The topological polar surface area (TPSA) is 69.4 Å². The van der Waals surface area contributed by atoms with E-state index in [0.717, 1.165) is 0 Å². The first kappa shape index (κ1) is 9.57. The number of aliphatic hydroxyl groups excluding tert-OH is 1. The summed E-state index contributed by atoms with van der Waals surface area (Å²) in [6.07, 6.45) is 0.887. The Balaban J connectivity index is 2.11. The number of aliphatic hydroxyl groups is 1. The molecule has 1 aliphatic heterocycles. The quantitative estimate of drug-likeness (QED) is 0.710. The molecule has 6 heteroatoms. The van der Waals surface area contributed by atoms with Crippen LogP contribution in [-0.4, -0.2) is 47.0 Å². The van der Waals surface area contributed by atoms with Gasteiger partial charge in [0.1, 0.15) is 12.1 Å². The van der Waals surface area contributed by atoms with Gasteiger partial charge < -0.3 is 14.6 Å². The van der Waals surface area contributed by atoms with Crippen LogP contribution in [0.2, 0.25) is 0 Å². The summed E-state index contributed by atoms with van der Waals surface area (Å²) in [6.45, 7) is 1.52. The highest BCUT2D eigenvalue weighted by molar-refractivity contribution is 5.01. The van der Waals surface area contributed by atoms with Crippen molar-refractivity contribution in [1.29, 1.82) is 0 Å². The summed E-state index contributed by atoms with van der Waals surface area (Å²) in [5.74, 6) is 0. The van der Waals surface area contributed by atoms with Crippen molar-refractivity contribution in [3.63, 3.8) is 0 Å². The van der Waals surface area contributed by atoms with Gasteiger partial charge >= 0.3 is 0 Å². The number of hydrogen-bond acceptors (Lipinski definition) is 5. The lowest BCUT2D eigenvalue weighted by Gasteiger charge is -2.27. The summed E-state index contributed by atoms with van der Waals surface area (Å²) in [7, 11) is 1.55. The number of aromatic nitrogens is 3. The van der Waals surface area contributed by atoms with Crippen LogP contribution >= 0.6 is 0 Å². The van der Waals surface area contributed by atoms with Crippen molar-refractivity contribution in [1.82, 2.24) is 15.0 Å². The smallest absolute Gasteiger partial charge is 0.120 e. The van der Waals surface area contributed by atoms with Crippen LogP contribution in [0.25, 0.3) is 0 Å². The maximum atomic E-state index is 9.69. The summed E-state index contributed by atoms with van der Waals surface area (Å²) in [5.41, 5.74) is 0.681. The zero-order valence-corrected chi connectivity index (χ0v) is 7.96. The lowest BCUT2D eigenvalue weighted by molar-refractivity contribution is -0.0352. The Morgan fingerprint density at radius 3 is 3.14 bits per heavy atom. The molecule has 1 atom stereocenters. The molecule has 2 rings (SSSR count). The Bertz CT molecular complexity index is 298. The van der Waals surface area contributed by atoms with Crippen LogP contribution in [0.1, 0.15) is 17.8 Å². The molecule has 0 saturated carbocycles. The molecular weight excluding hydrogens is 186 g/mol. The minimum atomic E-state index is -0.671. The Morgan fingerprint density at radius 2 is 2.57 bits per heavy atom. The minimum absolute atomic E-state index is 0.207. The minimum Gasteiger partial charge on any atom is -0.384 e. The van der Waals surface area contributed by atoms with E-state index in [4.69, 9.17) is 9.47 Å². The van der Waals surface area contributed by atoms with Gasteiger partial charge in [0, 0.05) is 7.11 Å². The Hall–Kier alpha value is -0.980. The third-order valence-electron chi connectivity index (χ3n) is 2.23. The highest BCUT2D eigenvalue weighted by Gasteiger charge is 2.26. The molecule has 6 nitrogen and oxygen atoms in total. The van der Waals surface area contributed by atoms with Gasteiger partial charge in [-0.25, -0.2) is 4.68 Å². The number of hydrogen-bond donors (Lipinski definition) is 1. The van der Waals surface area contributed by atoms with E-state index in [2.05, 4.69) is 10.3 Å². The SMILES string of the molecule is COC[C@@H](O)c1cnnn1C1COC1. The molecule has 1 fully saturated rings. The molecular formula is C8H13N3O3. The molecule has 1 aliphatic rings. The van der Waals surface area contributed by atoms with Crippen LogP contribution in [0.4, 0.5) is 0 Å². The molecule has 14 heavy (non-hydrogen) atoms. The molecule has 1 aromatic rings. The van der Waals surface area contributed by atoms with E-state index in [9.17, 15) is 5.11 Å². The second-order valence-corrected chi connectivity index (χ2v) is 3.27. The van der Waals surface area contributed by atoms with Gasteiger partial charge in [-0.05, 0) is 0 Å². The molecule has 1 N–H and O–H groups in total. The van der Waals surface area contributed by atoms with E-state index in [1.165, 1.54) is 0 Å². The van der Waals surface area contributed by atoms with Gasteiger partial charge in [-0.15, -0.1) is 5.10 Å². The number of ether oxygens (including phenoxy) is 2. The third kappa shape index (κ3) is 1.63. The molecule has 2 heterocycles. The molecule has 0 bridgehead atoms. The van der Waals surface area contributed by atoms with E-state index in [1.54, 1.807) is 18.0 Å². The Kier molecular flexibility index (Phi) is 2.76. The summed E-state index contributed by atoms with van der Waals surface area (Å²) in [6, 6.07) is 0.207. The van der Waals surface area contributed by atoms with Gasteiger partial charge in [0.25, 0.3) is 0 Å². The fourth-order valence-corrected chi connectivity index (χ4v) is 1.38. The maximum Gasteiger partial charge on any atom is 0.120 e. The summed E-state index contributed by atoms with van der Waals surface area (Å²) in [4.78, 5) is 0. The first-order chi connectivity index (χ1) is 6.83.